The van der Waals surface area contributed by atoms with Crippen molar-refractivity contribution in [2.45, 2.75) is 19.1 Å². The van der Waals surface area contributed by atoms with Crippen molar-refractivity contribution in [2.75, 3.05) is 26.7 Å². The third kappa shape index (κ3) is 3.80. The SMILES string of the molecule is Cc1[nH]ccc1C(=O)N[C@@H](c1ccc(Cl)cc1)[C@@H]1CN(C)CCO1. The summed E-state index contributed by atoms with van der Waals surface area (Å²) in [6, 6.07) is 9.11. The van der Waals surface area contributed by atoms with Crippen molar-refractivity contribution in [2.24, 2.45) is 0 Å². The predicted molar refractivity (Wildman–Crippen MR) is 94.4 cm³/mol. The number of hydrogen-bond donors (Lipinski definition) is 2. The molecule has 2 atom stereocenters. The van der Waals surface area contributed by atoms with Crippen molar-refractivity contribution >= 4 is 17.5 Å². The van der Waals surface area contributed by atoms with Crippen LogP contribution in [0.1, 0.15) is 27.7 Å². The number of morpholine rings is 1. The van der Waals surface area contributed by atoms with Crippen LogP contribution in [-0.2, 0) is 4.74 Å². The summed E-state index contributed by atoms with van der Waals surface area (Å²) < 4.78 is 5.95. The average molecular weight is 348 g/mol. The molecule has 0 spiro atoms. The van der Waals surface area contributed by atoms with Gasteiger partial charge >= 0.3 is 0 Å². The van der Waals surface area contributed by atoms with E-state index >= 15 is 0 Å². The van der Waals surface area contributed by atoms with E-state index in [2.05, 4.69) is 22.2 Å². The van der Waals surface area contributed by atoms with Gasteiger partial charge < -0.3 is 19.9 Å². The Kier molecular flexibility index (Phi) is 5.23. The average Bonchev–Trinajstić information content (AvgIpc) is 2.99. The molecule has 0 radical (unpaired) electrons. The summed E-state index contributed by atoms with van der Waals surface area (Å²) >= 11 is 6.00. The number of rotatable bonds is 4. The molecule has 1 saturated heterocycles. The standard InChI is InChI=1S/C18H22ClN3O2/c1-12-15(7-8-20-12)18(23)21-17(13-3-5-14(19)6-4-13)16-11-22(2)9-10-24-16/h3-8,16-17,20H,9-11H2,1-2H3,(H,21,23)/t16-,17-/m0/s1. The van der Waals surface area contributed by atoms with E-state index < -0.39 is 0 Å². The third-order valence-corrected chi connectivity index (χ3v) is 4.63. The minimum atomic E-state index is -0.230. The van der Waals surface area contributed by atoms with Gasteiger partial charge in [0.05, 0.1) is 24.3 Å². The number of H-pyrrole nitrogens is 1. The number of carbonyl (C=O) groups is 1. The predicted octanol–water partition coefficient (Wildman–Crippen LogP) is 2.78. The van der Waals surface area contributed by atoms with Gasteiger partial charge in [0.2, 0.25) is 0 Å². The Hall–Kier alpha value is -1.82. The Bertz CT molecular complexity index is 699. The molecule has 2 heterocycles. The lowest BCUT2D eigenvalue weighted by atomic mass is 9.99. The number of amides is 1. The van der Waals surface area contributed by atoms with Gasteiger partial charge in [-0.3, -0.25) is 4.79 Å². The number of likely N-dealkylation sites (N-methyl/N-ethyl adjacent to an activating group) is 1. The Morgan fingerprint density at radius 2 is 2.12 bits per heavy atom. The Labute approximate surface area is 146 Å². The normalized spacial score (nSPS) is 19.9. The molecular formula is C18H22ClN3O2. The van der Waals surface area contributed by atoms with Crippen LogP contribution in [0.15, 0.2) is 36.5 Å². The van der Waals surface area contributed by atoms with E-state index in [0.717, 1.165) is 24.3 Å². The minimum absolute atomic E-state index is 0.104. The number of aromatic nitrogens is 1. The van der Waals surface area contributed by atoms with Crippen molar-refractivity contribution in [3.8, 4) is 0 Å². The summed E-state index contributed by atoms with van der Waals surface area (Å²) in [7, 11) is 2.06. The van der Waals surface area contributed by atoms with Crippen LogP contribution in [0.5, 0.6) is 0 Å². The molecule has 2 aromatic rings. The number of nitrogens with zero attached hydrogens (tertiary/aromatic N) is 1. The zero-order chi connectivity index (χ0) is 17.1. The van der Waals surface area contributed by atoms with Crippen molar-refractivity contribution in [3.63, 3.8) is 0 Å². The fourth-order valence-electron chi connectivity index (χ4n) is 2.99. The first kappa shape index (κ1) is 17.0. The van der Waals surface area contributed by atoms with Crippen LogP contribution in [0, 0.1) is 6.92 Å². The first-order valence-corrected chi connectivity index (χ1v) is 8.43. The molecule has 24 heavy (non-hydrogen) atoms. The van der Waals surface area contributed by atoms with Gasteiger partial charge in [-0.15, -0.1) is 0 Å². The van der Waals surface area contributed by atoms with Gasteiger partial charge in [-0.05, 0) is 37.7 Å². The van der Waals surface area contributed by atoms with E-state index in [1.165, 1.54) is 0 Å². The lowest BCUT2D eigenvalue weighted by Gasteiger charge is -2.35. The number of ether oxygens (including phenoxy) is 1. The Morgan fingerprint density at radius 1 is 1.38 bits per heavy atom. The van der Waals surface area contributed by atoms with Gasteiger partial charge in [-0.25, -0.2) is 0 Å². The molecule has 0 aliphatic carbocycles. The molecule has 0 unspecified atom stereocenters. The molecule has 2 N–H and O–H groups in total. The molecule has 1 aliphatic rings. The summed E-state index contributed by atoms with van der Waals surface area (Å²) in [5.74, 6) is -0.106. The Balaban J connectivity index is 1.85. The summed E-state index contributed by atoms with van der Waals surface area (Å²) in [5, 5.41) is 3.81. The van der Waals surface area contributed by atoms with Crippen LogP contribution >= 0.6 is 11.6 Å². The van der Waals surface area contributed by atoms with Crippen LogP contribution < -0.4 is 5.32 Å². The van der Waals surface area contributed by atoms with Crippen LogP contribution in [0.3, 0.4) is 0 Å². The minimum Gasteiger partial charge on any atom is -0.373 e. The zero-order valence-electron chi connectivity index (χ0n) is 13.9. The largest absolute Gasteiger partial charge is 0.373 e. The highest BCUT2D eigenvalue weighted by atomic mass is 35.5. The number of aromatic amines is 1. The van der Waals surface area contributed by atoms with Gasteiger partial charge in [0.1, 0.15) is 0 Å². The van der Waals surface area contributed by atoms with Gasteiger partial charge in [-0.1, -0.05) is 23.7 Å². The molecule has 128 valence electrons. The van der Waals surface area contributed by atoms with Crippen molar-refractivity contribution in [1.29, 1.82) is 0 Å². The Morgan fingerprint density at radius 3 is 2.75 bits per heavy atom. The molecule has 1 fully saturated rings. The van der Waals surface area contributed by atoms with Crippen molar-refractivity contribution < 1.29 is 9.53 Å². The zero-order valence-corrected chi connectivity index (χ0v) is 14.6. The van der Waals surface area contributed by atoms with Gasteiger partial charge in [0, 0.05) is 30.0 Å². The molecular weight excluding hydrogens is 326 g/mol. The van der Waals surface area contributed by atoms with E-state index in [-0.39, 0.29) is 18.1 Å². The van der Waals surface area contributed by atoms with Gasteiger partial charge in [0.25, 0.3) is 5.91 Å². The molecule has 1 aromatic heterocycles. The summed E-state index contributed by atoms with van der Waals surface area (Å²) in [4.78, 5) is 17.9. The van der Waals surface area contributed by atoms with Crippen LogP contribution in [0.4, 0.5) is 0 Å². The second-order valence-electron chi connectivity index (χ2n) is 6.19. The number of hydrogen-bond acceptors (Lipinski definition) is 3. The maximum absolute atomic E-state index is 12.7. The summed E-state index contributed by atoms with van der Waals surface area (Å²) in [6.45, 7) is 4.20. The number of benzene rings is 1. The highest BCUT2D eigenvalue weighted by molar-refractivity contribution is 6.30. The number of nitrogens with one attached hydrogen (secondary N) is 2. The second-order valence-corrected chi connectivity index (χ2v) is 6.63. The van der Waals surface area contributed by atoms with Crippen LogP contribution in [-0.4, -0.2) is 48.6 Å². The van der Waals surface area contributed by atoms with Gasteiger partial charge in [-0.2, -0.15) is 0 Å². The summed E-state index contributed by atoms with van der Waals surface area (Å²) in [5.41, 5.74) is 2.49. The number of aryl methyl sites for hydroxylation is 1. The maximum Gasteiger partial charge on any atom is 0.253 e. The summed E-state index contributed by atoms with van der Waals surface area (Å²) in [6.07, 6.45) is 1.67. The molecule has 3 rings (SSSR count). The highest BCUT2D eigenvalue weighted by Gasteiger charge is 2.30. The maximum atomic E-state index is 12.7. The lowest BCUT2D eigenvalue weighted by Crippen LogP contribution is -2.48. The molecule has 6 heteroatoms. The first-order chi connectivity index (χ1) is 11.5. The molecule has 0 saturated carbocycles. The van der Waals surface area contributed by atoms with E-state index in [0.29, 0.717) is 17.2 Å². The molecule has 1 aliphatic heterocycles. The van der Waals surface area contributed by atoms with Gasteiger partial charge in [0.15, 0.2) is 0 Å². The first-order valence-electron chi connectivity index (χ1n) is 8.05. The van der Waals surface area contributed by atoms with E-state index in [4.69, 9.17) is 16.3 Å². The molecule has 5 nitrogen and oxygen atoms in total. The highest BCUT2D eigenvalue weighted by Crippen LogP contribution is 2.24. The van der Waals surface area contributed by atoms with E-state index in [1.807, 2.05) is 31.2 Å². The number of halogens is 1. The topological polar surface area (TPSA) is 57.4 Å². The lowest BCUT2D eigenvalue weighted by molar-refractivity contribution is -0.0380. The fourth-order valence-corrected chi connectivity index (χ4v) is 3.12. The molecule has 1 aromatic carbocycles. The monoisotopic (exact) mass is 347 g/mol. The van der Waals surface area contributed by atoms with Crippen molar-refractivity contribution in [3.05, 3.63) is 58.4 Å². The van der Waals surface area contributed by atoms with Crippen LogP contribution in [0.25, 0.3) is 0 Å². The molecule has 0 bridgehead atoms. The second kappa shape index (κ2) is 7.38. The van der Waals surface area contributed by atoms with E-state index in [9.17, 15) is 4.79 Å². The third-order valence-electron chi connectivity index (χ3n) is 4.38. The van der Waals surface area contributed by atoms with Crippen molar-refractivity contribution in [1.82, 2.24) is 15.2 Å². The molecule has 1 amide bonds. The quantitative estimate of drug-likeness (QED) is 0.894. The number of carbonyl (C=O) groups excluding carboxylic acids is 1. The van der Waals surface area contributed by atoms with E-state index in [1.54, 1.807) is 12.3 Å². The smallest absolute Gasteiger partial charge is 0.253 e. The van der Waals surface area contributed by atoms with Crippen LogP contribution in [0.2, 0.25) is 5.02 Å². The fraction of sp³-hybridized carbons (Fsp3) is 0.389.